The van der Waals surface area contributed by atoms with Crippen molar-refractivity contribution in [2.75, 3.05) is 6.54 Å². The number of furan rings is 1. The summed E-state index contributed by atoms with van der Waals surface area (Å²) in [4.78, 5) is 20.3. The molecular weight excluding hydrogens is 286 g/mol. The number of rotatable bonds is 5. The van der Waals surface area contributed by atoms with Crippen LogP contribution in [0.1, 0.15) is 16.2 Å². The zero-order chi connectivity index (χ0) is 14.5. The number of carbonyl (C=O) groups excluding carboxylic acids is 1. The smallest absolute Gasteiger partial charge is 0.270 e. The van der Waals surface area contributed by atoms with E-state index in [0.29, 0.717) is 18.7 Å². The van der Waals surface area contributed by atoms with Crippen LogP contribution < -0.4 is 5.32 Å². The molecule has 0 aliphatic carbocycles. The van der Waals surface area contributed by atoms with E-state index in [4.69, 9.17) is 4.42 Å². The standard InChI is InChI=1S/C15H13N3O2S/c19-14(17-8-5-12-2-1-9-20-12)13-10-21-15(18-13)11-3-6-16-7-4-11/h1-4,6-7,9-10H,5,8H2,(H,17,19). The first kappa shape index (κ1) is 13.5. The van der Waals surface area contributed by atoms with Gasteiger partial charge in [0.05, 0.1) is 6.26 Å². The van der Waals surface area contributed by atoms with Crippen molar-refractivity contribution in [3.05, 3.63) is 59.8 Å². The van der Waals surface area contributed by atoms with Crippen molar-refractivity contribution >= 4 is 17.2 Å². The van der Waals surface area contributed by atoms with E-state index in [1.807, 2.05) is 24.3 Å². The molecule has 0 radical (unpaired) electrons. The number of hydrogen-bond donors (Lipinski definition) is 1. The Balaban J connectivity index is 1.59. The molecule has 1 amide bonds. The highest BCUT2D eigenvalue weighted by Gasteiger charge is 2.11. The van der Waals surface area contributed by atoms with E-state index in [9.17, 15) is 4.79 Å². The largest absolute Gasteiger partial charge is 0.469 e. The first-order chi connectivity index (χ1) is 10.3. The van der Waals surface area contributed by atoms with E-state index in [0.717, 1.165) is 16.3 Å². The SMILES string of the molecule is O=C(NCCc1ccco1)c1csc(-c2ccncc2)n1. The Morgan fingerprint density at radius 1 is 1.29 bits per heavy atom. The second kappa shape index (κ2) is 6.32. The third-order valence-corrected chi connectivity index (χ3v) is 3.79. The van der Waals surface area contributed by atoms with E-state index < -0.39 is 0 Å². The molecule has 1 N–H and O–H groups in total. The van der Waals surface area contributed by atoms with Crippen LogP contribution in [0.5, 0.6) is 0 Å². The van der Waals surface area contributed by atoms with Crippen molar-refractivity contribution in [2.45, 2.75) is 6.42 Å². The van der Waals surface area contributed by atoms with Crippen molar-refractivity contribution < 1.29 is 9.21 Å². The number of hydrogen-bond acceptors (Lipinski definition) is 5. The Hall–Kier alpha value is -2.47. The van der Waals surface area contributed by atoms with Gasteiger partial charge in [-0.2, -0.15) is 0 Å². The lowest BCUT2D eigenvalue weighted by atomic mass is 10.3. The molecule has 0 fully saturated rings. The fourth-order valence-corrected chi connectivity index (χ4v) is 2.66. The van der Waals surface area contributed by atoms with E-state index in [1.165, 1.54) is 11.3 Å². The highest BCUT2D eigenvalue weighted by Crippen LogP contribution is 2.22. The summed E-state index contributed by atoms with van der Waals surface area (Å²) in [6, 6.07) is 7.46. The quantitative estimate of drug-likeness (QED) is 0.786. The van der Waals surface area contributed by atoms with Gasteiger partial charge in [-0.3, -0.25) is 9.78 Å². The van der Waals surface area contributed by atoms with E-state index in [-0.39, 0.29) is 5.91 Å². The van der Waals surface area contributed by atoms with Crippen molar-refractivity contribution in [2.24, 2.45) is 0 Å². The Morgan fingerprint density at radius 2 is 2.14 bits per heavy atom. The average Bonchev–Trinajstić information content (AvgIpc) is 3.20. The molecule has 3 aromatic rings. The summed E-state index contributed by atoms with van der Waals surface area (Å²) >= 11 is 1.44. The van der Waals surface area contributed by atoms with Gasteiger partial charge in [-0.1, -0.05) is 0 Å². The van der Waals surface area contributed by atoms with E-state index in [2.05, 4.69) is 15.3 Å². The lowest BCUT2D eigenvalue weighted by Gasteiger charge is -2.01. The first-order valence-electron chi connectivity index (χ1n) is 6.49. The predicted octanol–water partition coefficient (Wildman–Crippen LogP) is 2.77. The van der Waals surface area contributed by atoms with E-state index >= 15 is 0 Å². The molecule has 0 bridgehead atoms. The van der Waals surface area contributed by atoms with Crippen LogP contribution in [0.3, 0.4) is 0 Å². The summed E-state index contributed by atoms with van der Waals surface area (Å²) < 4.78 is 5.21. The van der Waals surface area contributed by atoms with Crippen LogP contribution in [0.15, 0.2) is 52.7 Å². The predicted molar refractivity (Wildman–Crippen MR) is 80.1 cm³/mol. The van der Waals surface area contributed by atoms with Gasteiger partial charge < -0.3 is 9.73 Å². The van der Waals surface area contributed by atoms with Crippen LogP contribution in [-0.2, 0) is 6.42 Å². The van der Waals surface area contributed by atoms with Gasteiger partial charge in [0, 0.05) is 36.3 Å². The number of nitrogens with zero attached hydrogens (tertiary/aromatic N) is 2. The number of pyridine rings is 1. The first-order valence-corrected chi connectivity index (χ1v) is 7.37. The zero-order valence-corrected chi connectivity index (χ0v) is 12.0. The summed E-state index contributed by atoms with van der Waals surface area (Å²) in [7, 11) is 0. The number of thiazole rings is 1. The molecule has 21 heavy (non-hydrogen) atoms. The second-order valence-electron chi connectivity index (χ2n) is 4.36. The molecule has 0 aliphatic rings. The maximum absolute atomic E-state index is 12.0. The lowest BCUT2D eigenvalue weighted by Crippen LogP contribution is -2.25. The summed E-state index contributed by atoms with van der Waals surface area (Å²) in [5.74, 6) is 0.684. The Labute approximate surface area is 125 Å². The van der Waals surface area contributed by atoms with Gasteiger partial charge >= 0.3 is 0 Å². The fourth-order valence-electron chi connectivity index (χ4n) is 1.85. The van der Waals surface area contributed by atoms with Crippen LogP contribution in [0.25, 0.3) is 10.6 Å². The topological polar surface area (TPSA) is 68.0 Å². The molecule has 0 saturated heterocycles. The van der Waals surface area contributed by atoms with Crippen molar-refractivity contribution in [1.29, 1.82) is 0 Å². The minimum Gasteiger partial charge on any atom is -0.469 e. The highest BCUT2D eigenvalue weighted by atomic mass is 32.1. The van der Waals surface area contributed by atoms with Crippen LogP contribution >= 0.6 is 11.3 Å². The van der Waals surface area contributed by atoms with Crippen LogP contribution in [0.4, 0.5) is 0 Å². The number of nitrogens with one attached hydrogen (secondary N) is 1. The third kappa shape index (κ3) is 3.35. The van der Waals surface area contributed by atoms with Crippen LogP contribution in [0, 0.1) is 0 Å². The Kier molecular flexibility index (Phi) is 4.07. The Bertz CT molecular complexity index is 708. The molecule has 5 nitrogen and oxygen atoms in total. The van der Waals surface area contributed by atoms with Crippen LogP contribution in [-0.4, -0.2) is 22.4 Å². The lowest BCUT2D eigenvalue weighted by molar-refractivity contribution is 0.0949. The molecule has 0 aliphatic heterocycles. The van der Waals surface area contributed by atoms with Crippen molar-refractivity contribution in [3.8, 4) is 10.6 Å². The number of amides is 1. The maximum atomic E-state index is 12.0. The summed E-state index contributed by atoms with van der Waals surface area (Å²) in [5, 5.41) is 5.41. The maximum Gasteiger partial charge on any atom is 0.270 e. The van der Waals surface area contributed by atoms with Gasteiger partial charge in [0.15, 0.2) is 0 Å². The molecule has 0 unspecified atom stereocenters. The zero-order valence-electron chi connectivity index (χ0n) is 11.2. The molecule has 106 valence electrons. The second-order valence-corrected chi connectivity index (χ2v) is 5.22. The molecule has 3 rings (SSSR count). The fraction of sp³-hybridized carbons (Fsp3) is 0.133. The van der Waals surface area contributed by atoms with Crippen molar-refractivity contribution in [1.82, 2.24) is 15.3 Å². The molecule has 0 spiro atoms. The molecule has 6 heteroatoms. The van der Waals surface area contributed by atoms with Gasteiger partial charge in [0.2, 0.25) is 0 Å². The van der Waals surface area contributed by atoms with E-state index in [1.54, 1.807) is 24.0 Å². The summed E-state index contributed by atoms with van der Waals surface area (Å²) in [6.07, 6.45) is 5.71. The minimum absolute atomic E-state index is 0.168. The summed E-state index contributed by atoms with van der Waals surface area (Å²) in [5.41, 5.74) is 1.40. The Morgan fingerprint density at radius 3 is 2.90 bits per heavy atom. The van der Waals surface area contributed by atoms with Gasteiger partial charge in [-0.25, -0.2) is 4.98 Å². The normalized spacial score (nSPS) is 10.5. The minimum atomic E-state index is -0.168. The van der Waals surface area contributed by atoms with Gasteiger partial charge in [-0.05, 0) is 24.3 Å². The average molecular weight is 299 g/mol. The molecule has 3 heterocycles. The highest BCUT2D eigenvalue weighted by molar-refractivity contribution is 7.13. The number of aromatic nitrogens is 2. The van der Waals surface area contributed by atoms with Crippen LogP contribution in [0.2, 0.25) is 0 Å². The molecule has 0 atom stereocenters. The molecule has 0 saturated carbocycles. The molecule has 3 aromatic heterocycles. The molecule has 0 aromatic carbocycles. The third-order valence-electron chi connectivity index (χ3n) is 2.90. The summed E-state index contributed by atoms with van der Waals surface area (Å²) in [6.45, 7) is 0.522. The van der Waals surface area contributed by atoms with Crippen molar-refractivity contribution in [3.63, 3.8) is 0 Å². The van der Waals surface area contributed by atoms with Gasteiger partial charge in [0.1, 0.15) is 16.5 Å². The number of carbonyl (C=O) groups is 1. The monoisotopic (exact) mass is 299 g/mol. The van der Waals surface area contributed by atoms with Gasteiger partial charge in [-0.15, -0.1) is 11.3 Å². The van der Waals surface area contributed by atoms with Gasteiger partial charge in [0.25, 0.3) is 5.91 Å². The molecular formula is C15H13N3O2S.